The fourth-order valence-electron chi connectivity index (χ4n) is 5.36. The summed E-state index contributed by atoms with van der Waals surface area (Å²) in [7, 11) is -3.71. The van der Waals surface area contributed by atoms with Crippen LogP contribution in [-0.4, -0.2) is 42.9 Å². The largest absolute Gasteiger partial charge is 0.494 e. The number of ether oxygens (including phenoxy) is 1. The van der Waals surface area contributed by atoms with Crippen molar-refractivity contribution < 1.29 is 17.9 Å². The summed E-state index contributed by atoms with van der Waals surface area (Å²) in [6, 6.07) is 18.5. The minimum atomic E-state index is -3.71. The number of benzene rings is 2. The zero-order chi connectivity index (χ0) is 26.7. The smallest absolute Gasteiger partial charge is 0.255 e. The van der Waals surface area contributed by atoms with Gasteiger partial charge in [-0.25, -0.2) is 8.42 Å². The zero-order valence-electron chi connectivity index (χ0n) is 21.5. The number of nitrogens with zero attached hydrogens (tertiary/aromatic N) is 2. The number of carbonyl (C=O) groups is 1. The number of sulfonamides is 1. The molecule has 0 spiro atoms. The first-order chi connectivity index (χ1) is 18.3. The highest BCUT2D eigenvalue weighted by molar-refractivity contribution is 7.89. The van der Waals surface area contributed by atoms with Gasteiger partial charge in [0.15, 0.2) is 0 Å². The molecule has 2 bridgehead atoms. The minimum Gasteiger partial charge on any atom is -0.494 e. The molecule has 38 heavy (non-hydrogen) atoms. The lowest BCUT2D eigenvalue weighted by atomic mass is 9.84. The number of piperidine rings is 1. The molecule has 1 aromatic heterocycles. The Hall–Kier alpha value is -3.43. The van der Waals surface area contributed by atoms with Gasteiger partial charge in [-0.2, -0.15) is 4.31 Å². The van der Waals surface area contributed by atoms with Crippen LogP contribution in [0.15, 0.2) is 76.4 Å². The lowest BCUT2D eigenvalue weighted by Crippen LogP contribution is -2.48. The number of pyridine rings is 1. The quantitative estimate of drug-likeness (QED) is 0.408. The van der Waals surface area contributed by atoms with Crippen molar-refractivity contribution in [1.29, 1.82) is 0 Å². The van der Waals surface area contributed by atoms with Gasteiger partial charge in [-0.15, -0.1) is 0 Å². The summed E-state index contributed by atoms with van der Waals surface area (Å²) in [5, 5.41) is 2.82. The van der Waals surface area contributed by atoms with Crippen LogP contribution >= 0.6 is 0 Å². The van der Waals surface area contributed by atoms with Crippen molar-refractivity contribution in [3.63, 3.8) is 0 Å². The van der Waals surface area contributed by atoms with Gasteiger partial charge in [0, 0.05) is 48.6 Å². The lowest BCUT2D eigenvalue weighted by molar-refractivity contribution is 0.102. The minimum absolute atomic E-state index is 0.00198. The molecular weight excluding hydrogens is 502 g/mol. The summed E-state index contributed by atoms with van der Waals surface area (Å²) >= 11 is 0. The standard InChI is InChI=1S/C29H33N3O5S/c1-2-3-4-16-37-25-12-8-22(9-13-25)29(34)30-24-10-14-26(15-11-24)38(35,36)31-18-21-17-23(20-31)27-6-5-7-28(33)32(27)19-21/h5-15,21,23H,2-4,16-20H2,1H3,(H,30,34)/t21-,23+/m1/s1. The zero-order valence-corrected chi connectivity index (χ0v) is 22.3. The molecule has 200 valence electrons. The van der Waals surface area contributed by atoms with Crippen LogP contribution in [0.1, 0.15) is 54.6 Å². The first kappa shape index (κ1) is 26.2. The Balaban J connectivity index is 1.22. The molecule has 1 fully saturated rings. The molecule has 2 aliphatic heterocycles. The van der Waals surface area contributed by atoms with E-state index >= 15 is 0 Å². The molecule has 3 aromatic rings. The van der Waals surface area contributed by atoms with Crippen LogP contribution in [0.25, 0.3) is 0 Å². The van der Waals surface area contributed by atoms with Crippen molar-refractivity contribution >= 4 is 21.6 Å². The Kier molecular flexibility index (Phi) is 7.67. The number of nitrogens with one attached hydrogen (secondary N) is 1. The second-order valence-electron chi connectivity index (χ2n) is 10.1. The number of rotatable bonds is 9. The van der Waals surface area contributed by atoms with Gasteiger partial charge in [-0.05, 0) is 73.4 Å². The first-order valence-electron chi connectivity index (χ1n) is 13.2. The number of hydrogen-bond donors (Lipinski definition) is 1. The molecule has 8 nitrogen and oxygen atoms in total. The maximum atomic E-state index is 13.5. The molecular formula is C29H33N3O5S. The van der Waals surface area contributed by atoms with Crippen LogP contribution in [0.5, 0.6) is 5.75 Å². The second kappa shape index (κ2) is 11.1. The van der Waals surface area contributed by atoms with Gasteiger partial charge in [0.1, 0.15) is 5.75 Å². The number of hydrogen-bond acceptors (Lipinski definition) is 5. The van der Waals surface area contributed by atoms with Crippen molar-refractivity contribution in [3.8, 4) is 5.75 Å². The van der Waals surface area contributed by atoms with Crippen LogP contribution in [-0.2, 0) is 16.6 Å². The predicted octanol–water partition coefficient (Wildman–Crippen LogP) is 4.48. The van der Waals surface area contributed by atoms with Crippen LogP contribution in [0.4, 0.5) is 5.69 Å². The topological polar surface area (TPSA) is 97.7 Å². The molecule has 2 atom stereocenters. The number of amides is 1. The van der Waals surface area contributed by atoms with Gasteiger partial charge in [-0.3, -0.25) is 9.59 Å². The van der Waals surface area contributed by atoms with E-state index in [1.165, 1.54) is 16.4 Å². The Labute approximate surface area is 223 Å². The summed E-state index contributed by atoms with van der Waals surface area (Å²) in [5.74, 6) is 0.543. The van der Waals surface area contributed by atoms with Gasteiger partial charge in [-0.1, -0.05) is 25.8 Å². The molecule has 0 aliphatic carbocycles. The Morgan fingerprint density at radius 1 is 0.974 bits per heavy atom. The number of carbonyl (C=O) groups excluding carboxylic acids is 1. The molecule has 1 amide bonds. The molecule has 0 unspecified atom stereocenters. The summed E-state index contributed by atoms with van der Waals surface area (Å²) in [5.41, 5.74) is 1.88. The van der Waals surface area contributed by atoms with E-state index in [0.717, 1.165) is 37.1 Å². The third kappa shape index (κ3) is 5.54. The molecule has 2 aromatic carbocycles. The highest BCUT2D eigenvalue weighted by Gasteiger charge is 2.39. The van der Waals surface area contributed by atoms with Crippen LogP contribution in [0.3, 0.4) is 0 Å². The van der Waals surface area contributed by atoms with Crippen molar-refractivity contribution in [2.24, 2.45) is 5.92 Å². The van der Waals surface area contributed by atoms with E-state index in [0.29, 0.717) is 37.5 Å². The van der Waals surface area contributed by atoms with E-state index in [4.69, 9.17) is 4.74 Å². The van der Waals surface area contributed by atoms with Gasteiger partial charge in [0.2, 0.25) is 10.0 Å². The summed E-state index contributed by atoms with van der Waals surface area (Å²) in [6.07, 6.45) is 4.13. The monoisotopic (exact) mass is 535 g/mol. The van der Waals surface area contributed by atoms with Crippen LogP contribution < -0.4 is 15.6 Å². The molecule has 0 radical (unpaired) electrons. The average Bonchev–Trinajstić information content (AvgIpc) is 2.92. The molecule has 1 N–H and O–H groups in total. The molecule has 3 heterocycles. The predicted molar refractivity (Wildman–Crippen MR) is 146 cm³/mol. The van der Waals surface area contributed by atoms with E-state index < -0.39 is 10.0 Å². The van der Waals surface area contributed by atoms with Crippen LogP contribution in [0, 0.1) is 5.92 Å². The van der Waals surface area contributed by atoms with Crippen molar-refractivity contribution in [1.82, 2.24) is 8.87 Å². The number of aromatic nitrogens is 1. The second-order valence-corrected chi connectivity index (χ2v) is 12.0. The fraction of sp³-hybridized carbons (Fsp3) is 0.379. The van der Waals surface area contributed by atoms with Gasteiger partial charge in [0.25, 0.3) is 11.5 Å². The molecule has 2 aliphatic rings. The number of fused-ring (bicyclic) bond motifs is 4. The molecule has 0 saturated carbocycles. The highest BCUT2D eigenvalue weighted by Crippen LogP contribution is 2.37. The van der Waals surface area contributed by atoms with E-state index in [2.05, 4.69) is 12.2 Å². The Morgan fingerprint density at radius 3 is 2.47 bits per heavy atom. The molecule has 9 heteroatoms. The van der Waals surface area contributed by atoms with Crippen molar-refractivity contribution in [2.45, 2.75) is 50.0 Å². The van der Waals surface area contributed by atoms with E-state index in [9.17, 15) is 18.0 Å². The maximum absolute atomic E-state index is 13.5. The Morgan fingerprint density at radius 2 is 1.74 bits per heavy atom. The fourth-order valence-corrected chi connectivity index (χ4v) is 6.92. The molecule has 5 rings (SSSR count). The highest BCUT2D eigenvalue weighted by atomic mass is 32.2. The van der Waals surface area contributed by atoms with Gasteiger partial charge >= 0.3 is 0 Å². The van der Waals surface area contributed by atoms with E-state index in [1.807, 2.05) is 6.07 Å². The average molecular weight is 536 g/mol. The normalized spacial score (nSPS) is 19.0. The SMILES string of the molecule is CCCCCOc1ccc(C(=O)Nc2ccc(S(=O)(=O)N3C[C@H]4C[C@@H](C3)c3cccc(=O)n3C4)cc2)cc1. The van der Waals surface area contributed by atoms with Gasteiger partial charge in [0.05, 0.1) is 11.5 Å². The third-order valence-electron chi connectivity index (χ3n) is 7.33. The van der Waals surface area contributed by atoms with Crippen LogP contribution in [0.2, 0.25) is 0 Å². The maximum Gasteiger partial charge on any atom is 0.255 e. The van der Waals surface area contributed by atoms with E-state index in [1.54, 1.807) is 53.1 Å². The van der Waals surface area contributed by atoms with Crippen molar-refractivity contribution in [2.75, 3.05) is 25.0 Å². The number of anilines is 1. The summed E-state index contributed by atoms with van der Waals surface area (Å²) in [6.45, 7) is 4.06. The summed E-state index contributed by atoms with van der Waals surface area (Å²) < 4.78 is 35.9. The number of unbranched alkanes of at least 4 members (excludes halogenated alkanes) is 2. The third-order valence-corrected chi connectivity index (χ3v) is 9.18. The van der Waals surface area contributed by atoms with Gasteiger partial charge < -0.3 is 14.6 Å². The first-order valence-corrected chi connectivity index (χ1v) is 14.6. The Bertz CT molecular complexity index is 1450. The molecule has 1 saturated heterocycles. The lowest BCUT2D eigenvalue weighted by Gasteiger charge is -2.42. The summed E-state index contributed by atoms with van der Waals surface area (Å²) in [4.78, 5) is 25.1. The van der Waals surface area contributed by atoms with Crippen molar-refractivity contribution in [3.05, 3.63) is 88.3 Å². The van der Waals surface area contributed by atoms with E-state index in [-0.39, 0.29) is 28.2 Å².